The second-order valence-corrected chi connectivity index (χ2v) is 8.12. The van der Waals surface area contributed by atoms with Crippen LogP contribution >= 0.6 is 0 Å². The van der Waals surface area contributed by atoms with Crippen molar-refractivity contribution >= 4 is 15.9 Å². The molecule has 26 heavy (non-hydrogen) atoms. The number of piperazine rings is 1. The molecule has 0 unspecified atom stereocenters. The molecule has 0 saturated carbocycles. The predicted octanol–water partition coefficient (Wildman–Crippen LogP) is 2.15. The summed E-state index contributed by atoms with van der Waals surface area (Å²) in [5, 5.41) is 0. The number of methoxy groups -OCH3 is 1. The van der Waals surface area contributed by atoms with Crippen LogP contribution in [-0.2, 0) is 10.0 Å². The fourth-order valence-electron chi connectivity index (χ4n) is 3.06. The van der Waals surface area contributed by atoms with E-state index in [1.54, 1.807) is 35.2 Å². The van der Waals surface area contributed by atoms with Crippen LogP contribution < -0.4 is 4.74 Å². The predicted molar refractivity (Wildman–Crippen MR) is 98.8 cm³/mol. The van der Waals surface area contributed by atoms with E-state index in [1.807, 2.05) is 25.1 Å². The second-order valence-electron chi connectivity index (χ2n) is 6.22. The van der Waals surface area contributed by atoms with E-state index in [0.29, 0.717) is 24.4 Å². The summed E-state index contributed by atoms with van der Waals surface area (Å²) in [6.07, 6.45) is 0. The normalized spacial score (nSPS) is 15.7. The summed E-state index contributed by atoms with van der Waals surface area (Å²) >= 11 is 0. The Kier molecular flexibility index (Phi) is 5.29. The summed E-state index contributed by atoms with van der Waals surface area (Å²) in [6, 6.07) is 14.0. The standard InChI is InChI=1S/C19H22N2O4S/c1-15-6-5-7-16(14-15)19(22)20-10-12-21(13-11-20)26(23,24)18-9-4-3-8-17(18)25-2/h3-9,14H,10-13H2,1-2H3. The zero-order valence-electron chi connectivity index (χ0n) is 14.9. The summed E-state index contributed by atoms with van der Waals surface area (Å²) in [7, 11) is -2.20. The lowest BCUT2D eigenvalue weighted by molar-refractivity contribution is 0.0697. The number of nitrogens with zero attached hydrogens (tertiary/aromatic N) is 2. The van der Waals surface area contributed by atoms with Crippen LogP contribution in [0.2, 0.25) is 0 Å². The van der Waals surface area contributed by atoms with Gasteiger partial charge in [-0.15, -0.1) is 0 Å². The smallest absolute Gasteiger partial charge is 0.253 e. The van der Waals surface area contributed by atoms with Gasteiger partial charge in [0, 0.05) is 31.7 Å². The van der Waals surface area contributed by atoms with Gasteiger partial charge in [0.2, 0.25) is 10.0 Å². The number of amides is 1. The van der Waals surface area contributed by atoms with Gasteiger partial charge in [-0.1, -0.05) is 29.8 Å². The van der Waals surface area contributed by atoms with Gasteiger partial charge < -0.3 is 9.64 Å². The molecule has 0 radical (unpaired) electrons. The minimum atomic E-state index is -3.65. The first kappa shape index (κ1) is 18.4. The minimum absolute atomic E-state index is 0.0666. The van der Waals surface area contributed by atoms with E-state index in [4.69, 9.17) is 4.74 Å². The van der Waals surface area contributed by atoms with E-state index in [2.05, 4.69) is 0 Å². The Morgan fingerprint density at radius 1 is 1.00 bits per heavy atom. The lowest BCUT2D eigenvalue weighted by atomic mass is 10.1. The number of hydrogen-bond donors (Lipinski definition) is 0. The maximum absolute atomic E-state index is 12.9. The number of benzene rings is 2. The highest BCUT2D eigenvalue weighted by Gasteiger charge is 2.32. The lowest BCUT2D eigenvalue weighted by Crippen LogP contribution is -2.50. The first-order valence-electron chi connectivity index (χ1n) is 8.42. The largest absolute Gasteiger partial charge is 0.495 e. The molecule has 1 aliphatic rings. The van der Waals surface area contributed by atoms with Gasteiger partial charge in [0.25, 0.3) is 5.91 Å². The summed E-state index contributed by atoms with van der Waals surface area (Å²) in [4.78, 5) is 14.5. The van der Waals surface area contributed by atoms with Gasteiger partial charge in [0.1, 0.15) is 10.6 Å². The van der Waals surface area contributed by atoms with Crippen LogP contribution in [0.5, 0.6) is 5.75 Å². The average molecular weight is 374 g/mol. The highest BCUT2D eigenvalue weighted by atomic mass is 32.2. The fourth-order valence-corrected chi connectivity index (χ4v) is 4.64. The van der Waals surface area contributed by atoms with E-state index >= 15 is 0 Å². The Bertz CT molecular complexity index is 903. The molecule has 138 valence electrons. The second kappa shape index (κ2) is 7.47. The number of para-hydroxylation sites is 1. The van der Waals surface area contributed by atoms with Crippen LogP contribution in [0.25, 0.3) is 0 Å². The summed E-state index contributed by atoms with van der Waals surface area (Å²) in [6.45, 7) is 3.19. The molecule has 7 heteroatoms. The number of sulfonamides is 1. The van der Waals surface area contributed by atoms with Gasteiger partial charge in [-0.05, 0) is 31.2 Å². The lowest BCUT2D eigenvalue weighted by Gasteiger charge is -2.34. The molecule has 0 spiro atoms. The zero-order chi connectivity index (χ0) is 18.7. The SMILES string of the molecule is COc1ccccc1S(=O)(=O)N1CCN(C(=O)c2cccc(C)c2)CC1. The molecule has 0 N–H and O–H groups in total. The van der Waals surface area contributed by atoms with Crippen molar-refractivity contribution in [3.05, 3.63) is 59.7 Å². The summed E-state index contributed by atoms with van der Waals surface area (Å²) < 4.78 is 32.4. The van der Waals surface area contributed by atoms with Crippen LogP contribution in [0, 0.1) is 6.92 Å². The molecule has 2 aromatic carbocycles. The van der Waals surface area contributed by atoms with Gasteiger partial charge in [-0.3, -0.25) is 4.79 Å². The van der Waals surface area contributed by atoms with Crippen molar-refractivity contribution in [2.24, 2.45) is 0 Å². The Morgan fingerprint density at radius 3 is 2.35 bits per heavy atom. The average Bonchev–Trinajstić information content (AvgIpc) is 2.67. The number of carbonyl (C=O) groups excluding carboxylic acids is 1. The van der Waals surface area contributed by atoms with E-state index in [9.17, 15) is 13.2 Å². The van der Waals surface area contributed by atoms with Crippen LogP contribution in [0.15, 0.2) is 53.4 Å². The summed E-state index contributed by atoms with van der Waals surface area (Å²) in [5.41, 5.74) is 1.65. The van der Waals surface area contributed by atoms with Crippen LogP contribution in [0.4, 0.5) is 0 Å². The van der Waals surface area contributed by atoms with E-state index in [1.165, 1.54) is 11.4 Å². The van der Waals surface area contributed by atoms with Crippen LogP contribution in [0.3, 0.4) is 0 Å². The maximum atomic E-state index is 12.9. The number of ether oxygens (including phenoxy) is 1. The first-order valence-corrected chi connectivity index (χ1v) is 9.86. The van der Waals surface area contributed by atoms with Crippen molar-refractivity contribution in [1.29, 1.82) is 0 Å². The molecule has 1 fully saturated rings. The number of rotatable bonds is 4. The third-order valence-electron chi connectivity index (χ3n) is 4.48. The molecule has 0 bridgehead atoms. The Balaban J connectivity index is 1.73. The van der Waals surface area contributed by atoms with Gasteiger partial charge in [-0.25, -0.2) is 8.42 Å². The van der Waals surface area contributed by atoms with Crippen molar-refractivity contribution in [2.45, 2.75) is 11.8 Å². The third kappa shape index (κ3) is 3.59. The maximum Gasteiger partial charge on any atom is 0.253 e. The molecular formula is C19H22N2O4S. The van der Waals surface area contributed by atoms with Gasteiger partial charge >= 0.3 is 0 Å². The third-order valence-corrected chi connectivity index (χ3v) is 6.42. The Hall–Kier alpha value is -2.38. The quantitative estimate of drug-likeness (QED) is 0.822. The van der Waals surface area contributed by atoms with Crippen LogP contribution in [0.1, 0.15) is 15.9 Å². The van der Waals surface area contributed by atoms with E-state index in [-0.39, 0.29) is 23.9 Å². The zero-order valence-corrected chi connectivity index (χ0v) is 15.7. The first-order chi connectivity index (χ1) is 12.4. The van der Waals surface area contributed by atoms with Crippen molar-refractivity contribution in [2.75, 3.05) is 33.3 Å². The molecular weight excluding hydrogens is 352 g/mol. The van der Waals surface area contributed by atoms with Crippen molar-refractivity contribution in [3.63, 3.8) is 0 Å². The summed E-state index contributed by atoms with van der Waals surface area (Å²) in [5.74, 6) is 0.258. The molecule has 2 aromatic rings. The highest BCUT2D eigenvalue weighted by molar-refractivity contribution is 7.89. The molecule has 0 aliphatic carbocycles. The van der Waals surface area contributed by atoms with E-state index in [0.717, 1.165) is 5.56 Å². The minimum Gasteiger partial charge on any atom is -0.495 e. The highest BCUT2D eigenvalue weighted by Crippen LogP contribution is 2.27. The molecule has 0 atom stereocenters. The molecule has 6 nitrogen and oxygen atoms in total. The van der Waals surface area contributed by atoms with Gasteiger partial charge in [-0.2, -0.15) is 4.31 Å². The van der Waals surface area contributed by atoms with Gasteiger partial charge in [0.15, 0.2) is 0 Å². The van der Waals surface area contributed by atoms with Crippen LogP contribution in [-0.4, -0.2) is 56.8 Å². The Labute approximate surface area is 154 Å². The number of carbonyl (C=O) groups is 1. The topological polar surface area (TPSA) is 66.9 Å². The van der Waals surface area contributed by atoms with Crippen molar-refractivity contribution in [3.8, 4) is 5.75 Å². The fraction of sp³-hybridized carbons (Fsp3) is 0.316. The molecule has 1 saturated heterocycles. The molecule has 1 aliphatic heterocycles. The molecule has 0 aromatic heterocycles. The Morgan fingerprint density at radius 2 is 1.69 bits per heavy atom. The monoisotopic (exact) mass is 374 g/mol. The van der Waals surface area contributed by atoms with E-state index < -0.39 is 10.0 Å². The van der Waals surface area contributed by atoms with Gasteiger partial charge in [0.05, 0.1) is 7.11 Å². The molecule has 3 rings (SSSR count). The van der Waals surface area contributed by atoms with Crippen molar-refractivity contribution < 1.29 is 17.9 Å². The molecule has 1 heterocycles. The number of aryl methyl sites for hydroxylation is 1. The number of hydrogen-bond acceptors (Lipinski definition) is 4. The molecule has 1 amide bonds. The van der Waals surface area contributed by atoms with Crippen molar-refractivity contribution in [1.82, 2.24) is 9.21 Å².